The van der Waals surface area contributed by atoms with Crippen LogP contribution in [0.2, 0.25) is 0 Å². The molecule has 138 valence electrons. The van der Waals surface area contributed by atoms with E-state index in [0.717, 1.165) is 12.0 Å². The van der Waals surface area contributed by atoms with Gasteiger partial charge in [-0.1, -0.05) is 19.9 Å². The van der Waals surface area contributed by atoms with Crippen LogP contribution in [-0.2, 0) is 5.41 Å². The number of hydrogen-bond donors (Lipinski definition) is 3. The first-order chi connectivity index (χ1) is 12.2. The third-order valence-corrected chi connectivity index (χ3v) is 4.94. The summed E-state index contributed by atoms with van der Waals surface area (Å²) in [6.45, 7) is 7.58. The minimum atomic E-state index is -0.780. The average Bonchev–Trinajstić information content (AvgIpc) is 3.09. The van der Waals surface area contributed by atoms with E-state index in [1.807, 2.05) is 6.07 Å². The van der Waals surface area contributed by atoms with Crippen molar-refractivity contribution in [2.75, 3.05) is 0 Å². The predicted molar refractivity (Wildman–Crippen MR) is 95.9 cm³/mol. The maximum absolute atomic E-state index is 12.6. The normalized spacial score (nSPS) is 18.1. The maximum Gasteiger partial charge on any atom is 0.251 e. The molecule has 7 heteroatoms. The smallest absolute Gasteiger partial charge is 0.251 e. The summed E-state index contributed by atoms with van der Waals surface area (Å²) >= 11 is 0. The standard InChI is InChI=1S/C19H24N4O3/c1-10(16-21-17(11(2)24)23-22-16)20-18(26)12-5-6-14-13(9-12)15(25)7-8-19(14,3)4/h5-6,9-11,24H,7-8H2,1-4H3,(H,20,26)(H,21,22,23). The number of aliphatic hydroxyl groups excluding tert-OH is 1. The lowest BCUT2D eigenvalue weighted by Gasteiger charge is -2.31. The molecule has 0 saturated carbocycles. The molecule has 7 nitrogen and oxygen atoms in total. The van der Waals surface area contributed by atoms with Gasteiger partial charge in [0.05, 0.1) is 6.04 Å². The highest BCUT2D eigenvalue weighted by molar-refractivity contribution is 6.02. The van der Waals surface area contributed by atoms with Crippen LogP contribution in [0.15, 0.2) is 18.2 Å². The van der Waals surface area contributed by atoms with Crippen molar-refractivity contribution in [2.24, 2.45) is 0 Å². The first kappa shape index (κ1) is 18.3. The summed E-state index contributed by atoms with van der Waals surface area (Å²) in [5.41, 5.74) is 2.01. The van der Waals surface area contributed by atoms with E-state index >= 15 is 0 Å². The lowest BCUT2D eigenvalue weighted by atomic mass is 9.72. The van der Waals surface area contributed by atoms with Gasteiger partial charge in [-0.05, 0) is 43.4 Å². The Hall–Kier alpha value is -2.54. The average molecular weight is 356 g/mol. The molecule has 0 aliphatic heterocycles. The van der Waals surface area contributed by atoms with E-state index < -0.39 is 12.1 Å². The van der Waals surface area contributed by atoms with Gasteiger partial charge in [-0.3, -0.25) is 14.7 Å². The lowest BCUT2D eigenvalue weighted by molar-refractivity contribution is 0.0938. The molecular formula is C19H24N4O3. The highest BCUT2D eigenvalue weighted by Gasteiger charge is 2.32. The number of aromatic nitrogens is 3. The van der Waals surface area contributed by atoms with E-state index in [4.69, 9.17) is 0 Å². The van der Waals surface area contributed by atoms with Crippen molar-refractivity contribution in [3.05, 3.63) is 46.5 Å². The van der Waals surface area contributed by atoms with E-state index in [1.165, 1.54) is 0 Å². The first-order valence-electron chi connectivity index (χ1n) is 8.78. The van der Waals surface area contributed by atoms with E-state index in [-0.39, 0.29) is 22.9 Å². The van der Waals surface area contributed by atoms with E-state index in [9.17, 15) is 14.7 Å². The molecule has 2 unspecified atom stereocenters. The lowest BCUT2D eigenvalue weighted by Crippen LogP contribution is -2.30. The molecule has 1 heterocycles. The third kappa shape index (κ3) is 3.39. The minimum absolute atomic E-state index is 0.0667. The molecule has 0 saturated heterocycles. The zero-order chi connectivity index (χ0) is 19.1. The number of rotatable bonds is 4. The van der Waals surface area contributed by atoms with Crippen LogP contribution in [0.25, 0.3) is 0 Å². The predicted octanol–water partition coefficient (Wildman–Crippen LogP) is 2.60. The molecule has 1 aromatic heterocycles. The minimum Gasteiger partial charge on any atom is -0.385 e. The van der Waals surface area contributed by atoms with Crippen LogP contribution in [0.4, 0.5) is 0 Å². The Bertz CT molecular complexity index is 854. The number of nitrogens with zero attached hydrogens (tertiary/aromatic N) is 2. The Morgan fingerprint density at radius 1 is 1.35 bits per heavy atom. The number of ketones is 1. The van der Waals surface area contributed by atoms with Gasteiger partial charge in [-0.25, -0.2) is 4.98 Å². The fourth-order valence-electron chi connectivity index (χ4n) is 3.22. The molecule has 1 aliphatic carbocycles. The Morgan fingerprint density at radius 2 is 2.08 bits per heavy atom. The second-order valence-electron chi connectivity index (χ2n) is 7.52. The van der Waals surface area contributed by atoms with Crippen molar-refractivity contribution in [1.29, 1.82) is 0 Å². The van der Waals surface area contributed by atoms with Crippen LogP contribution in [-0.4, -0.2) is 32.0 Å². The Kier molecular flexibility index (Phi) is 4.66. The number of hydrogen-bond acceptors (Lipinski definition) is 5. The van der Waals surface area contributed by atoms with Gasteiger partial charge < -0.3 is 10.4 Å². The van der Waals surface area contributed by atoms with Crippen molar-refractivity contribution in [3.8, 4) is 0 Å². The number of carbonyl (C=O) groups is 2. The molecule has 0 fully saturated rings. The van der Waals surface area contributed by atoms with Crippen LogP contribution in [0.1, 0.15) is 90.6 Å². The number of aromatic amines is 1. The molecule has 0 spiro atoms. The number of nitrogens with one attached hydrogen (secondary N) is 2. The van der Waals surface area contributed by atoms with Crippen LogP contribution in [0.3, 0.4) is 0 Å². The topological polar surface area (TPSA) is 108 Å². The van der Waals surface area contributed by atoms with Gasteiger partial charge in [-0.2, -0.15) is 5.10 Å². The first-order valence-corrected chi connectivity index (χ1v) is 8.78. The molecular weight excluding hydrogens is 332 g/mol. The van der Waals surface area contributed by atoms with Crippen LogP contribution in [0.5, 0.6) is 0 Å². The molecule has 0 radical (unpaired) electrons. The summed E-state index contributed by atoms with van der Waals surface area (Å²) in [6, 6.07) is 4.91. The quantitative estimate of drug-likeness (QED) is 0.780. The SMILES string of the molecule is CC(O)c1n[nH]c(C(C)NC(=O)c2ccc3c(c2)C(=O)CCC3(C)C)n1. The number of Topliss-reactive ketones (excluding diaryl/α,β-unsaturated/α-hetero) is 1. The van der Waals surface area contributed by atoms with E-state index in [1.54, 1.807) is 26.0 Å². The summed E-state index contributed by atoms with van der Waals surface area (Å²) < 4.78 is 0. The van der Waals surface area contributed by atoms with E-state index in [0.29, 0.717) is 23.4 Å². The van der Waals surface area contributed by atoms with Crippen molar-refractivity contribution >= 4 is 11.7 Å². The van der Waals surface area contributed by atoms with Gasteiger partial charge in [0.25, 0.3) is 5.91 Å². The van der Waals surface area contributed by atoms with E-state index in [2.05, 4.69) is 34.3 Å². The van der Waals surface area contributed by atoms with Crippen molar-refractivity contribution < 1.29 is 14.7 Å². The fourth-order valence-corrected chi connectivity index (χ4v) is 3.22. The number of benzene rings is 1. The van der Waals surface area contributed by atoms with Gasteiger partial charge in [0.2, 0.25) is 0 Å². The number of amides is 1. The van der Waals surface area contributed by atoms with Gasteiger partial charge >= 0.3 is 0 Å². The van der Waals surface area contributed by atoms with Crippen molar-refractivity contribution in [1.82, 2.24) is 20.5 Å². The summed E-state index contributed by atoms with van der Waals surface area (Å²) in [5.74, 6) is 0.539. The van der Waals surface area contributed by atoms with Gasteiger partial charge in [-0.15, -0.1) is 0 Å². The zero-order valence-electron chi connectivity index (χ0n) is 15.5. The number of carbonyl (C=O) groups excluding carboxylic acids is 2. The molecule has 1 amide bonds. The molecule has 3 rings (SSSR count). The Labute approximate surface area is 152 Å². The molecule has 1 aliphatic rings. The molecule has 1 aromatic carbocycles. The molecule has 0 bridgehead atoms. The Morgan fingerprint density at radius 3 is 2.73 bits per heavy atom. The van der Waals surface area contributed by atoms with Crippen molar-refractivity contribution in [2.45, 2.75) is 58.1 Å². The highest BCUT2D eigenvalue weighted by atomic mass is 16.3. The summed E-state index contributed by atoms with van der Waals surface area (Å²) in [7, 11) is 0. The fraction of sp³-hybridized carbons (Fsp3) is 0.474. The number of aliphatic hydroxyl groups is 1. The van der Waals surface area contributed by atoms with Crippen molar-refractivity contribution in [3.63, 3.8) is 0 Å². The second-order valence-corrected chi connectivity index (χ2v) is 7.52. The molecule has 3 N–H and O–H groups in total. The summed E-state index contributed by atoms with van der Waals surface area (Å²) in [4.78, 5) is 29.0. The summed E-state index contributed by atoms with van der Waals surface area (Å²) in [5, 5.41) is 19.0. The highest BCUT2D eigenvalue weighted by Crippen LogP contribution is 2.37. The Balaban J connectivity index is 1.80. The van der Waals surface area contributed by atoms with Crippen LogP contribution >= 0.6 is 0 Å². The summed E-state index contributed by atoms with van der Waals surface area (Å²) in [6.07, 6.45) is 0.540. The number of H-pyrrole nitrogens is 1. The molecule has 2 atom stereocenters. The second kappa shape index (κ2) is 6.64. The monoisotopic (exact) mass is 356 g/mol. The maximum atomic E-state index is 12.6. The molecule has 2 aromatic rings. The van der Waals surface area contributed by atoms with Gasteiger partial charge in [0.15, 0.2) is 11.6 Å². The van der Waals surface area contributed by atoms with Crippen LogP contribution < -0.4 is 5.32 Å². The van der Waals surface area contributed by atoms with Gasteiger partial charge in [0, 0.05) is 17.5 Å². The number of fused-ring (bicyclic) bond motifs is 1. The largest absolute Gasteiger partial charge is 0.385 e. The third-order valence-electron chi connectivity index (χ3n) is 4.94. The van der Waals surface area contributed by atoms with Gasteiger partial charge in [0.1, 0.15) is 11.9 Å². The zero-order valence-corrected chi connectivity index (χ0v) is 15.5. The van der Waals surface area contributed by atoms with Crippen LogP contribution in [0, 0.1) is 0 Å². The molecule has 26 heavy (non-hydrogen) atoms.